The van der Waals surface area contributed by atoms with Gasteiger partial charge in [0, 0.05) is 38.8 Å². The molecule has 1 N–H and O–H groups in total. The maximum atomic E-state index is 12.6. The van der Waals surface area contributed by atoms with E-state index in [0.29, 0.717) is 18.5 Å². The first-order valence-corrected chi connectivity index (χ1v) is 9.90. The van der Waals surface area contributed by atoms with E-state index in [4.69, 9.17) is 0 Å². The van der Waals surface area contributed by atoms with Gasteiger partial charge in [0.25, 0.3) is 0 Å². The van der Waals surface area contributed by atoms with Crippen LogP contribution in [0.15, 0.2) is 24.3 Å². The van der Waals surface area contributed by atoms with Crippen LogP contribution >= 0.6 is 0 Å². The lowest BCUT2D eigenvalue weighted by Crippen LogP contribution is -2.53. The lowest BCUT2D eigenvalue weighted by molar-refractivity contribution is -0.134. The van der Waals surface area contributed by atoms with Gasteiger partial charge in [-0.1, -0.05) is 29.8 Å². The first kappa shape index (κ1) is 18.4. The second kappa shape index (κ2) is 8.81. The standard InChI is InChI=1S/C21H33N3O/c1-17-3-5-19(6-4-17)7-8-20-9-12-23(13-10-20)21(25)16-24-14-11-22-15-18(24)2/h3-6,18,20,22H,7-16H2,1-2H3/t18-/m0/s1. The molecule has 0 aromatic heterocycles. The summed E-state index contributed by atoms with van der Waals surface area (Å²) in [6, 6.07) is 9.37. The maximum absolute atomic E-state index is 12.6. The third kappa shape index (κ3) is 5.29. The Bertz CT molecular complexity index is 549. The highest BCUT2D eigenvalue weighted by atomic mass is 16.2. The van der Waals surface area contributed by atoms with E-state index in [1.807, 2.05) is 0 Å². The SMILES string of the molecule is Cc1ccc(CCC2CCN(C(=O)CN3CCNC[C@@H]3C)CC2)cc1. The molecule has 2 fully saturated rings. The van der Waals surface area contributed by atoms with Gasteiger partial charge < -0.3 is 10.2 Å². The summed E-state index contributed by atoms with van der Waals surface area (Å²) < 4.78 is 0. The van der Waals surface area contributed by atoms with Crippen molar-refractivity contribution in [2.45, 2.75) is 45.6 Å². The van der Waals surface area contributed by atoms with E-state index < -0.39 is 0 Å². The van der Waals surface area contributed by atoms with Gasteiger partial charge in [0.15, 0.2) is 0 Å². The number of carbonyl (C=O) groups is 1. The van der Waals surface area contributed by atoms with E-state index in [0.717, 1.165) is 57.9 Å². The van der Waals surface area contributed by atoms with Gasteiger partial charge in [0.05, 0.1) is 6.54 Å². The van der Waals surface area contributed by atoms with Gasteiger partial charge in [0.2, 0.25) is 5.91 Å². The average molecular weight is 344 g/mol. The molecule has 0 radical (unpaired) electrons. The highest BCUT2D eigenvalue weighted by Gasteiger charge is 2.26. The number of aryl methyl sites for hydroxylation is 2. The van der Waals surface area contributed by atoms with E-state index in [9.17, 15) is 4.79 Å². The smallest absolute Gasteiger partial charge is 0.236 e. The van der Waals surface area contributed by atoms with Crippen LogP contribution in [0.25, 0.3) is 0 Å². The van der Waals surface area contributed by atoms with E-state index in [-0.39, 0.29) is 0 Å². The molecule has 1 aromatic rings. The summed E-state index contributed by atoms with van der Waals surface area (Å²) in [5, 5.41) is 3.39. The largest absolute Gasteiger partial charge is 0.342 e. The molecular weight excluding hydrogens is 310 g/mol. The molecule has 0 saturated carbocycles. The zero-order valence-electron chi connectivity index (χ0n) is 15.8. The van der Waals surface area contributed by atoms with Crippen molar-refractivity contribution in [3.8, 4) is 0 Å². The number of piperazine rings is 1. The zero-order chi connectivity index (χ0) is 17.6. The molecule has 1 atom stereocenters. The third-order valence-electron chi connectivity index (χ3n) is 5.91. The predicted molar refractivity (Wildman–Crippen MR) is 103 cm³/mol. The molecule has 3 rings (SSSR count). The summed E-state index contributed by atoms with van der Waals surface area (Å²) in [6.45, 7) is 9.80. The van der Waals surface area contributed by atoms with Gasteiger partial charge in [0.1, 0.15) is 0 Å². The molecule has 2 aliphatic rings. The zero-order valence-corrected chi connectivity index (χ0v) is 15.8. The van der Waals surface area contributed by atoms with Gasteiger partial charge in [-0.3, -0.25) is 9.69 Å². The fraction of sp³-hybridized carbons (Fsp3) is 0.667. The van der Waals surface area contributed by atoms with E-state index in [2.05, 4.69) is 53.2 Å². The third-order valence-corrected chi connectivity index (χ3v) is 5.91. The number of nitrogens with one attached hydrogen (secondary N) is 1. The summed E-state index contributed by atoms with van der Waals surface area (Å²) >= 11 is 0. The normalized spacial score (nSPS) is 23.0. The minimum absolute atomic E-state index is 0.325. The number of hydrogen-bond donors (Lipinski definition) is 1. The summed E-state index contributed by atoms with van der Waals surface area (Å²) in [5.74, 6) is 1.09. The Hall–Kier alpha value is -1.39. The van der Waals surface area contributed by atoms with Crippen molar-refractivity contribution in [2.75, 3.05) is 39.3 Å². The first-order valence-electron chi connectivity index (χ1n) is 9.90. The topological polar surface area (TPSA) is 35.6 Å². The highest BCUT2D eigenvalue weighted by molar-refractivity contribution is 5.78. The molecule has 2 aliphatic heterocycles. The van der Waals surface area contributed by atoms with Crippen molar-refractivity contribution in [1.29, 1.82) is 0 Å². The molecule has 2 saturated heterocycles. The molecular formula is C21H33N3O. The minimum atomic E-state index is 0.325. The Morgan fingerprint density at radius 1 is 1.16 bits per heavy atom. The molecule has 0 spiro atoms. The quantitative estimate of drug-likeness (QED) is 0.892. The minimum Gasteiger partial charge on any atom is -0.342 e. The highest BCUT2D eigenvalue weighted by Crippen LogP contribution is 2.23. The van der Waals surface area contributed by atoms with Crippen molar-refractivity contribution >= 4 is 5.91 Å². The molecule has 25 heavy (non-hydrogen) atoms. The van der Waals surface area contributed by atoms with Crippen LogP contribution in [0.2, 0.25) is 0 Å². The Morgan fingerprint density at radius 2 is 1.88 bits per heavy atom. The van der Waals surface area contributed by atoms with Crippen LogP contribution in [-0.2, 0) is 11.2 Å². The van der Waals surface area contributed by atoms with Crippen molar-refractivity contribution in [3.63, 3.8) is 0 Å². The van der Waals surface area contributed by atoms with E-state index >= 15 is 0 Å². The van der Waals surface area contributed by atoms with Crippen LogP contribution in [0.1, 0.15) is 37.3 Å². The summed E-state index contributed by atoms with van der Waals surface area (Å²) in [6.07, 6.45) is 4.74. The molecule has 0 aliphatic carbocycles. The number of piperidine rings is 1. The fourth-order valence-corrected chi connectivity index (χ4v) is 3.99. The number of amides is 1. The number of hydrogen-bond acceptors (Lipinski definition) is 3. The van der Waals surface area contributed by atoms with Crippen LogP contribution in [0.3, 0.4) is 0 Å². The first-order chi connectivity index (χ1) is 12.1. The van der Waals surface area contributed by atoms with Crippen LogP contribution in [0.5, 0.6) is 0 Å². The molecule has 1 amide bonds. The van der Waals surface area contributed by atoms with Crippen LogP contribution in [0, 0.1) is 12.8 Å². The predicted octanol–water partition coefficient (Wildman–Crippen LogP) is 2.46. The Balaban J connectivity index is 1.39. The molecule has 0 bridgehead atoms. The van der Waals surface area contributed by atoms with Gasteiger partial charge in [-0.25, -0.2) is 0 Å². The van der Waals surface area contributed by atoms with Gasteiger partial charge in [-0.2, -0.15) is 0 Å². The number of carbonyl (C=O) groups excluding carboxylic acids is 1. The maximum Gasteiger partial charge on any atom is 0.236 e. The Kier molecular flexibility index (Phi) is 6.49. The Morgan fingerprint density at radius 3 is 2.56 bits per heavy atom. The monoisotopic (exact) mass is 343 g/mol. The second-order valence-electron chi connectivity index (χ2n) is 7.87. The van der Waals surface area contributed by atoms with Crippen LogP contribution in [-0.4, -0.2) is 61.0 Å². The fourth-order valence-electron chi connectivity index (χ4n) is 3.99. The summed E-state index contributed by atoms with van der Waals surface area (Å²) in [7, 11) is 0. The van der Waals surface area contributed by atoms with Gasteiger partial charge >= 0.3 is 0 Å². The summed E-state index contributed by atoms with van der Waals surface area (Å²) in [4.78, 5) is 17.0. The molecule has 4 heteroatoms. The number of likely N-dealkylation sites (tertiary alicyclic amines) is 1. The number of nitrogens with zero attached hydrogens (tertiary/aromatic N) is 2. The van der Waals surface area contributed by atoms with Gasteiger partial charge in [-0.05, 0) is 51.0 Å². The lowest BCUT2D eigenvalue weighted by atomic mass is 9.90. The molecule has 0 unspecified atom stereocenters. The molecule has 4 nitrogen and oxygen atoms in total. The van der Waals surface area contributed by atoms with E-state index in [1.165, 1.54) is 17.5 Å². The van der Waals surface area contributed by atoms with E-state index in [1.54, 1.807) is 0 Å². The summed E-state index contributed by atoms with van der Waals surface area (Å²) in [5.41, 5.74) is 2.77. The van der Waals surface area contributed by atoms with Crippen molar-refractivity contribution < 1.29 is 4.79 Å². The van der Waals surface area contributed by atoms with Gasteiger partial charge in [-0.15, -0.1) is 0 Å². The average Bonchev–Trinajstić information content (AvgIpc) is 2.63. The van der Waals surface area contributed by atoms with Crippen molar-refractivity contribution in [1.82, 2.24) is 15.1 Å². The van der Waals surface area contributed by atoms with Crippen molar-refractivity contribution in [3.05, 3.63) is 35.4 Å². The molecule has 2 heterocycles. The van der Waals surface area contributed by atoms with Crippen molar-refractivity contribution in [2.24, 2.45) is 5.92 Å². The second-order valence-corrected chi connectivity index (χ2v) is 7.87. The lowest BCUT2D eigenvalue weighted by Gasteiger charge is -2.37. The number of benzene rings is 1. The van der Waals surface area contributed by atoms with Crippen LogP contribution in [0.4, 0.5) is 0 Å². The van der Waals surface area contributed by atoms with Crippen LogP contribution < -0.4 is 5.32 Å². The number of rotatable bonds is 5. The molecule has 1 aromatic carbocycles. The molecule has 138 valence electrons. The Labute approximate surface area is 152 Å².